The van der Waals surface area contributed by atoms with Crippen molar-refractivity contribution >= 4 is 11.8 Å². The van der Waals surface area contributed by atoms with Crippen LogP contribution in [0.4, 0.5) is 17.6 Å². The summed E-state index contributed by atoms with van der Waals surface area (Å²) in [5, 5.41) is 19.2. The highest BCUT2D eigenvalue weighted by atomic mass is 19.4. The zero-order chi connectivity index (χ0) is 31.7. The molecule has 0 saturated heterocycles. The van der Waals surface area contributed by atoms with E-state index in [9.17, 15) is 18.0 Å². The van der Waals surface area contributed by atoms with Gasteiger partial charge in [-0.1, -0.05) is 24.3 Å². The van der Waals surface area contributed by atoms with Gasteiger partial charge in [0.1, 0.15) is 17.4 Å². The van der Waals surface area contributed by atoms with Crippen molar-refractivity contribution in [3.05, 3.63) is 93.7 Å². The third-order valence-electron chi connectivity index (χ3n) is 5.68. The molecule has 228 valence electrons. The van der Waals surface area contributed by atoms with Gasteiger partial charge in [0.2, 0.25) is 0 Å². The van der Waals surface area contributed by atoms with E-state index in [1.54, 1.807) is 43.3 Å². The van der Waals surface area contributed by atoms with Crippen LogP contribution in [0.3, 0.4) is 0 Å². The Kier molecular flexibility index (Phi) is 10.5. The number of alkyl halides is 3. The number of aliphatic carboxylic acids is 1. The number of H-pyrrole nitrogens is 1. The summed E-state index contributed by atoms with van der Waals surface area (Å²) < 4.78 is 59.7. The van der Waals surface area contributed by atoms with Crippen LogP contribution < -0.4 is 20.9 Å². The SMILES string of the molecule is CCOc1cc(OCC)c(F)c(C(Cc2ccc(C(=N)N)cc2)c2nn(-c3ncccn3)c(=O)[nH]2)c1.O=C(O)C(F)(F)F. The number of nitrogen functional groups attached to an aromatic ring is 1. The Morgan fingerprint density at radius 3 is 2.26 bits per heavy atom. The lowest BCUT2D eigenvalue weighted by Gasteiger charge is -2.19. The van der Waals surface area contributed by atoms with Crippen molar-refractivity contribution < 1.29 is 36.9 Å². The summed E-state index contributed by atoms with van der Waals surface area (Å²) in [5.74, 6) is -3.31. The highest BCUT2D eigenvalue weighted by Crippen LogP contribution is 2.36. The van der Waals surface area contributed by atoms with E-state index in [1.165, 1.54) is 18.5 Å². The summed E-state index contributed by atoms with van der Waals surface area (Å²) in [6.07, 6.45) is -1.81. The van der Waals surface area contributed by atoms with E-state index in [4.69, 9.17) is 30.5 Å². The van der Waals surface area contributed by atoms with Gasteiger partial charge in [0, 0.05) is 29.6 Å². The van der Waals surface area contributed by atoms with E-state index in [1.807, 2.05) is 6.92 Å². The highest BCUT2D eigenvalue weighted by molar-refractivity contribution is 5.94. The third kappa shape index (κ3) is 8.37. The first kappa shape index (κ1) is 32.2. The largest absolute Gasteiger partial charge is 0.494 e. The third-order valence-corrected chi connectivity index (χ3v) is 5.68. The second-order valence-corrected chi connectivity index (χ2v) is 8.64. The average molecular weight is 606 g/mol. The van der Waals surface area contributed by atoms with Crippen LogP contribution in [0.5, 0.6) is 11.5 Å². The van der Waals surface area contributed by atoms with Gasteiger partial charge in [0.05, 0.1) is 19.1 Å². The normalized spacial score (nSPS) is 11.7. The lowest BCUT2D eigenvalue weighted by Crippen LogP contribution is -2.21. The van der Waals surface area contributed by atoms with Gasteiger partial charge in [0.15, 0.2) is 11.6 Å². The second kappa shape index (κ2) is 14.1. The zero-order valence-corrected chi connectivity index (χ0v) is 22.9. The number of halogens is 4. The van der Waals surface area contributed by atoms with E-state index in [0.717, 1.165) is 10.2 Å². The Labute approximate surface area is 241 Å². The van der Waals surface area contributed by atoms with Crippen molar-refractivity contribution in [2.75, 3.05) is 13.2 Å². The van der Waals surface area contributed by atoms with Gasteiger partial charge in [-0.15, -0.1) is 9.78 Å². The molecule has 0 aliphatic heterocycles. The van der Waals surface area contributed by atoms with Crippen LogP contribution in [0, 0.1) is 11.2 Å². The molecular formula is C27H27F4N7O5. The molecule has 0 aliphatic carbocycles. The lowest BCUT2D eigenvalue weighted by molar-refractivity contribution is -0.192. The van der Waals surface area contributed by atoms with Crippen LogP contribution in [-0.4, -0.2) is 61.0 Å². The van der Waals surface area contributed by atoms with Crippen LogP contribution in [-0.2, 0) is 11.2 Å². The summed E-state index contributed by atoms with van der Waals surface area (Å²) in [7, 11) is 0. The Morgan fingerprint density at radius 2 is 1.72 bits per heavy atom. The fraction of sp³-hybridized carbons (Fsp3) is 0.259. The number of carbonyl (C=O) groups is 1. The number of aromatic amines is 1. The Bertz CT molecular complexity index is 1610. The average Bonchev–Trinajstić information content (AvgIpc) is 3.35. The smallest absolute Gasteiger partial charge is 0.490 e. The van der Waals surface area contributed by atoms with Crippen LogP contribution in [0.1, 0.15) is 42.3 Å². The number of hydrogen-bond donors (Lipinski definition) is 4. The van der Waals surface area contributed by atoms with Crippen molar-refractivity contribution in [2.45, 2.75) is 32.4 Å². The molecule has 2 heterocycles. The van der Waals surface area contributed by atoms with Crippen LogP contribution >= 0.6 is 0 Å². The van der Waals surface area contributed by atoms with Gasteiger partial charge in [-0.05, 0) is 38.0 Å². The number of benzene rings is 2. The monoisotopic (exact) mass is 605 g/mol. The quantitative estimate of drug-likeness (QED) is 0.119. The number of rotatable bonds is 10. The van der Waals surface area contributed by atoms with E-state index < -0.39 is 29.6 Å². The maximum Gasteiger partial charge on any atom is 0.490 e. The molecule has 43 heavy (non-hydrogen) atoms. The van der Waals surface area contributed by atoms with Gasteiger partial charge in [-0.25, -0.2) is 23.9 Å². The standard InChI is InChI=1S/C25H26FN7O3.C2HF3O2/c1-3-35-17-13-18(21(26)20(14-17)36-4-2)19(12-15-6-8-16(9-7-15)22(27)28)23-31-25(34)33(32-23)24-29-10-5-11-30-24;3-2(4,5)1(6)7/h5-11,13-14,19H,3-4,12H2,1-2H3,(H3,27,28)(H,31,32,34);(H,6,7). The van der Waals surface area contributed by atoms with Crippen molar-refractivity contribution in [2.24, 2.45) is 5.73 Å². The number of ether oxygens (including phenoxy) is 2. The summed E-state index contributed by atoms with van der Waals surface area (Å²) >= 11 is 0. The minimum atomic E-state index is -5.08. The van der Waals surface area contributed by atoms with E-state index >= 15 is 4.39 Å². The maximum atomic E-state index is 15.7. The Morgan fingerprint density at radius 1 is 1.12 bits per heavy atom. The molecule has 0 fully saturated rings. The number of nitrogens with zero attached hydrogens (tertiary/aromatic N) is 4. The second-order valence-electron chi connectivity index (χ2n) is 8.64. The fourth-order valence-corrected chi connectivity index (χ4v) is 3.80. The van der Waals surface area contributed by atoms with Gasteiger partial charge in [-0.2, -0.15) is 13.2 Å². The number of carboxylic acid groups (broad SMARTS) is 1. The summed E-state index contributed by atoms with van der Waals surface area (Å²) in [4.78, 5) is 32.6. The number of nitrogens with one attached hydrogen (secondary N) is 2. The summed E-state index contributed by atoms with van der Waals surface area (Å²) in [6.45, 7) is 4.24. The molecule has 2 aromatic heterocycles. The van der Waals surface area contributed by atoms with Gasteiger partial charge >= 0.3 is 17.8 Å². The van der Waals surface area contributed by atoms with Crippen LogP contribution in [0.25, 0.3) is 5.95 Å². The van der Waals surface area contributed by atoms with E-state index in [2.05, 4.69) is 20.1 Å². The molecule has 16 heteroatoms. The number of nitrogens with two attached hydrogens (primary N) is 1. The predicted octanol–water partition coefficient (Wildman–Crippen LogP) is 3.58. The number of carboxylic acids is 1. The van der Waals surface area contributed by atoms with Crippen molar-refractivity contribution in [3.8, 4) is 17.4 Å². The minimum Gasteiger partial charge on any atom is -0.494 e. The Balaban J connectivity index is 0.000000646. The highest BCUT2D eigenvalue weighted by Gasteiger charge is 2.38. The first-order valence-electron chi connectivity index (χ1n) is 12.6. The van der Waals surface area contributed by atoms with Crippen molar-refractivity contribution in [3.63, 3.8) is 0 Å². The predicted molar refractivity (Wildman–Crippen MR) is 145 cm³/mol. The first-order chi connectivity index (χ1) is 20.3. The molecule has 0 bridgehead atoms. The maximum absolute atomic E-state index is 15.7. The van der Waals surface area contributed by atoms with Crippen LogP contribution in [0.15, 0.2) is 59.7 Å². The van der Waals surface area contributed by atoms with Crippen molar-refractivity contribution in [1.82, 2.24) is 24.7 Å². The fourth-order valence-electron chi connectivity index (χ4n) is 3.80. The van der Waals surface area contributed by atoms with E-state index in [-0.39, 0.29) is 41.9 Å². The molecule has 4 rings (SSSR count). The molecule has 4 aromatic rings. The molecule has 5 N–H and O–H groups in total. The molecular weight excluding hydrogens is 578 g/mol. The topological polar surface area (TPSA) is 182 Å². The molecule has 0 spiro atoms. The molecule has 1 atom stereocenters. The molecule has 2 aromatic carbocycles. The summed E-state index contributed by atoms with van der Waals surface area (Å²) in [6, 6.07) is 11.7. The molecule has 0 aliphatic rings. The van der Waals surface area contributed by atoms with Gasteiger partial charge in [-0.3, -0.25) is 10.4 Å². The molecule has 0 radical (unpaired) electrons. The molecule has 0 saturated carbocycles. The van der Waals surface area contributed by atoms with Gasteiger partial charge in [0.25, 0.3) is 5.95 Å². The lowest BCUT2D eigenvalue weighted by atomic mass is 9.90. The Hall–Kier alpha value is -5.28. The van der Waals surface area contributed by atoms with E-state index in [0.29, 0.717) is 17.9 Å². The number of aromatic nitrogens is 5. The molecule has 0 amide bonds. The molecule has 1 unspecified atom stereocenters. The zero-order valence-electron chi connectivity index (χ0n) is 22.9. The molecule has 12 nitrogen and oxygen atoms in total. The number of amidine groups is 1. The number of hydrogen-bond acceptors (Lipinski definition) is 8. The first-order valence-corrected chi connectivity index (χ1v) is 12.6. The van der Waals surface area contributed by atoms with Crippen LogP contribution in [0.2, 0.25) is 0 Å². The van der Waals surface area contributed by atoms with Crippen molar-refractivity contribution in [1.29, 1.82) is 5.41 Å². The van der Waals surface area contributed by atoms with Gasteiger partial charge < -0.3 is 20.3 Å². The summed E-state index contributed by atoms with van der Waals surface area (Å²) in [5.41, 5.74) is 6.65. The minimum absolute atomic E-state index is 0.0450.